The molecule has 78 valence electrons. The Morgan fingerprint density at radius 3 is 3.07 bits per heavy atom. The molecule has 0 saturated carbocycles. The molecule has 0 spiro atoms. The summed E-state index contributed by atoms with van der Waals surface area (Å²) in [5.74, 6) is 0. The molecule has 2 heterocycles. The molecule has 0 aliphatic rings. The van der Waals surface area contributed by atoms with Crippen molar-refractivity contribution in [2.45, 2.75) is 6.42 Å². The summed E-state index contributed by atoms with van der Waals surface area (Å²) < 4.78 is 1.51. The van der Waals surface area contributed by atoms with E-state index in [0.717, 1.165) is 0 Å². The average molecular weight is 227 g/mol. The fraction of sp³-hybridized carbons (Fsp3) is 0.250. The minimum Gasteiger partial charge on any atom is -0.265 e. The van der Waals surface area contributed by atoms with Gasteiger partial charge in [-0.05, 0) is 12.1 Å². The number of nitro groups is 1. The van der Waals surface area contributed by atoms with Gasteiger partial charge in [-0.2, -0.15) is 5.10 Å². The van der Waals surface area contributed by atoms with E-state index in [0.29, 0.717) is 22.9 Å². The van der Waals surface area contributed by atoms with Crippen LogP contribution in [0.4, 0.5) is 0 Å². The normalized spacial score (nSPS) is 10.7. The van der Waals surface area contributed by atoms with E-state index in [1.165, 1.54) is 4.52 Å². The van der Waals surface area contributed by atoms with Crippen LogP contribution in [0.3, 0.4) is 0 Å². The second-order valence-electron chi connectivity index (χ2n) is 3.00. The molecule has 0 N–H and O–H groups in total. The van der Waals surface area contributed by atoms with Gasteiger partial charge in [-0.25, -0.2) is 9.50 Å². The zero-order chi connectivity index (χ0) is 10.8. The maximum atomic E-state index is 10.2. The molecule has 0 aromatic carbocycles. The number of rotatable bonds is 3. The van der Waals surface area contributed by atoms with E-state index >= 15 is 0 Å². The average Bonchev–Trinajstić information content (AvgIpc) is 2.56. The first kappa shape index (κ1) is 9.85. The molecule has 2 rings (SSSR count). The van der Waals surface area contributed by atoms with Crippen molar-refractivity contribution in [1.82, 2.24) is 14.6 Å². The molecule has 0 atom stereocenters. The van der Waals surface area contributed by atoms with Crippen LogP contribution < -0.4 is 0 Å². The quantitative estimate of drug-likeness (QED) is 0.582. The highest BCUT2D eigenvalue weighted by molar-refractivity contribution is 6.29. The smallest absolute Gasteiger partial charge is 0.209 e. The van der Waals surface area contributed by atoms with Gasteiger partial charge in [0, 0.05) is 4.92 Å². The van der Waals surface area contributed by atoms with Crippen LogP contribution in [0.1, 0.15) is 5.69 Å². The lowest BCUT2D eigenvalue weighted by Gasteiger charge is -1.90. The lowest BCUT2D eigenvalue weighted by molar-refractivity contribution is -0.479. The number of aromatic nitrogens is 3. The van der Waals surface area contributed by atoms with Gasteiger partial charge in [-0.3, -0.25) is 10.1 Å². The lowest BCUT2D eigenvalue weighted by atomic mass is 10.3. The highest BCUT2D eigenvalue weighted by Gasteiger charge is 2.05. The van der Waals surface area contributed by atoms with Gasteiger partial charge in [-0.1, -0.05) is 11.6 Å². The molecule has 15 heavy (non-hydrogen) atoms. The van der Waals surface area contributed by atoms with Crippen molar-refractivity contribution in [2.24, 2.45) is 0 Å². The number of hydrogen-bond acceptors (Lipinski definition) is 4. The van der Waals surface area contributed by atoms with Gasteiger partial charge < -0.3 is 0 Å². The minimum absolute atomic E-state index is 0.127. The standard InChI is InChI=1S/C8H7ClN4O2/c9-7-1-2-8-10-6(3-4-13(14)15)5-12(8)11-7/h1-2,5H,3-4H2. The molecule has 0 unspecified atom stereocenters. The van der Waals surface area contributed by atoms with Crippen LogP contribution in [-0.2, 0) is 6.42 Å². The summed E-state index contributed by atoms with van der Waals surface area (Å²) in [6.45, 7) is -0.127. The van der Waals surface area contributed by atoms with Gasteiger partial charge in [0.05, 0.1) is 18.3 Å². The monoisotopic (exact) mass is 226 g/mol. The summed E-state index contributed by atoms with van der Waals surface area (Å²) >= 11 is 5.69. The second-order valence-corrected chi connectivity index (χ2v) is 3.38. The van der Waals surface area contributed by atoms with Crippen molar-refractivity contribution in [3.63, 3.8) is 0 Å². The van der Waals surface area contributed by atoms with Crippen LogP contribution in [-0.4, -0.2) is 26.1 Å². The van der Waals surface area contributed by atoms with Crippen LogP contribution >= 0.6 is 11.6 Å². The van der Waals surface area contributed by atoms with Gasteiger partial charge in [0.25, 0.3) is 0 Å². The number of imidazole rings is 1. The van der Waals surface area contributed by atoms with Gasteiger partial charge in [-0.15, -0.1) is 0 Å². The molecular formula is C8H7ClN4O2. The molecule has 0 fully saturated rings. The van der Waals surface area contributed by atoms with E-state index in [-0.39, 0.29) is 11.5 Å². The number of fused-ring (bicyclic) bond motifs is 1. The SMILES string of the molecule is O=[N+]([O-])CCc1cn2nc(Cl)ccc2n1. The fourth-order valence-corrected chi connectivity index (χ4v) is 1.38. The lowest BCUT2D eigenvalue weighted by Crippen LogP contribution is -2.03. The summed E-state index contributed by atoms with van der Waals surface area (Å²) in [5, 5.41) is 14.5. The molecule has 0 bridgehead atoms. The predicted molar refractivity (Wildman–Crippen MR) is 53.6 cm³/mol. The maximum Gasteiger partial charge on any atom is 0.209 e. The molecule has 7 heteroatoms. The molecule has 0 radical (unpaired) electrons. The first-order chi connectivity index (χ1) is 7.15. The topological polar surface area (TPSA) is 73.3 Å². The predicted octanol–water partition coefficient (Wildman–Crippen LogP) is 1.20. The number of halogens is 1. The van der Waals surface area contributed by atoms with Crippen molar-refractivity contribution in [3.05, 3.63) is 39.3 Å². The van der Waals surface area contributed by atoms with Gasteiger partial charge in [0.1, 0.15) is 5.15 Å². The minimum atomic E-state index is -0.371. The van der Waals surface area contributed by atoms with Crippen LogP contribution in [0, 0.1) is 10.1 Å². The van der Waals surface area contributed by atoms with Gasteiger partial charge in [0.2, 0.25) is 6.54 Å². The molecule has 2 aromatic heterocycles. The molecule has 0 saturated heterocycles. The van der Waals surface area contributed by atoms with Crippen LogP contribution in [0.15, 0.2) is 18.3 Å². The summed E-state index contributed by atoms with van der Waals surface area (Å²) in [7, 11) is 0. The van der Waals surface area contributed by atoms with Crippen LogP contribution in [0.5, 0.6) is 0 Å². The highest BCUT2D eigenvalue weighted by atomic mass is 35.5. The van der Waals surface area contributed by atoms with E-state index < -0.39 is 0 Å². The van der Waals surface area contributed by atoms with Gasteiger partial charge in [0.15, 0.2) is 5.65 Å². The zero-order valence-corrected chi connectivity index (χ0v) is 8.39. The molecule has 6 nitrogen and oxygen atoms in total. The Bertz CT molecular complexity index is 510. The molecule has 0 amide bonds. The summed E-state index contributed by atoms with van der Waals surface area (Å²) in [5.41, 5.74) is 1.28. The van der Waals surface area contributed by atoms with Crippen LogP contribution in [0.25, 0.3) is 5.65 Å². The van der Waals surface area contributed by atoms with E-state index in [1.807, 2.05) is 0 Å². The first-order valence-electron chi connectivity index (χ1n) is 4.28. The third-order valence-corrected chi connectivity index (χ3v) is 2.09. The Balaban J connectivity index is 2.27. The third kappa shape index (κ3) is 2.21. The third-order valence-electron chi connectivity index (χ3n) is 1.89. The summed E-state index contributed by atoms with van der Waals surface area (Å²) in [6, 6.07) is 3.34. The Labute approximate surface area is 89.6 Å². The van der Waals surface area contributed by atoms with Crippen LogP contribution in [0.2, 0.25) is 5.15 Å². The van der Waals surface area contributed by atoms with Crippen molar-refractivity contribution in [3.8, 4) is 0 Å². The summed E-state index contributed by atoms with van der Waals surface area (Å²) in [6.07, 6.45) is 1.94. The van der Waals surface area contributed by atoms with E-state index in [4.69, 9.17) is 11.6 Å². The molecule has 2 aromatic rings. The second kappa shape index (κ2) is 3.82. The van der Waals surface area contributed by atoms with E-state index in [9.17, 15) is 10.1 Å². The van der Waals surface area contributed by atoms with E-state index in [1.54, 1.807) is 18.3 Å². The number of hydrogen-bond donors (Lipinski definition) is 0. The van der Waals surface area contributed by atoms with E-state index in [2.05, 4.69) is 10.1 Å². The van der Waals surface area contributed by atoms with Crippen molar-refractivity contribution in [2.75, 3.05) is 6.54 Å². The Morgan fingerprint density at radius 1 is 1.53 bits per heavy atom. The molecular weight excluding hydrogens is 220 g/mol. The zero-order valence-electron chi connectivity index (χ0n) is 7.63. The fourth-order valence-electron chi connectivity index (χ4n) is 1.23. The number of nitrogens with zero attached hydrogens (tertiary/aromatic N) is 4. The molecule has 0 aliphatic carbocycles. The first-order valence-corrected chi connectivity index (χ1v) is 4.65. The molecule has 0 aliphatic heterocycles. The Morgan fingerprint density at radius 2 is 2.33 bits per heavy atom. The Kier molecular flexibility index (Phi) is 2.51. The van der Waals surface area contributed by atoms with Gasteiger partial charge >= 0.3 is 0 Å². The van der Waals surface area contributed by atoms with Crippen molar-refractivity contribution < 1.29 is 4.92 Å². The Hall–Kier alpha value is -1.69. The van der Waals surface area contributed by atoms with Crippen molar-refractivity contribution >= 4 is 17.2 Å². The largest absolute Gasteiger partial charge is 0.265 e. The summed E-state index contributed by atoms with van der Waals surface area (Å²) in [4.78, 5) is 14.0. The van der Waals surface area contributed by atoms with Crippen molar-refractivity contribution in [1.29, 1.82) is 0 Å². The highest BCUT2D eigenvalue weighted by Crippen LogP contribution is 2.08. The maximum absolute atomic E-state index is 10.2.